The lowest BCUT2D eigenvalue weighted by molar-refractivity contribution is 0.290. The summed E-state index contributed by atoms with van der Waals surface area (Å²) < 4.78 is 28.9. The van der Waals surface area contributed by atoms with E-state index in [9.17, 15) is 8.42 Å². The highest BCUT2D eigenvalue weighted by atomic mass is 32.2. The Bertz CT molecular complexity index is 1100. The first-order valence-electron chi connectivity index (χ1n) is 10.7. The van der Waals surface area contributed by atoms with Gasteiger partial charge in [-0.15, -0.1) is 0 Å². The van der Waals surface area contributed by atoms with Crippen molar-refractivity contribution < 1.29 is 8.42 Å². The van der Waals surface area contributed by atoms with Gasteiger partial charge in [-0.1, -0.05) is 13.8 Å². The quantitative estimate of drug-likeness (QED) is 0.691. The van der Waals surface area contributed by atoms with Crippen molar-refractivity contribution in [2.24, 2.45) is 4.99 Å². The number of hydrogen-bond acceptors (Lipinski definition) is 7. The molecule has 0 amide bonds. The molecule has 0 spiro atoms. The summed E-state index contributed by atoms with van der Waals surface area (Å²) in [6.07, 6.45) is 12.1. The number of aromatic nitrogens is 2. The first kappa shape index (κ1) is 21.6. The van der Waals surface area contributed by atoms with Crippen LogP contribution in [0.15, 0.2) is 46.4 Å². The maximum Gasteiger partial charge on any atom is 0.209 e. The lowest BCUT2D eigenvalue weighted by Gasteiger charge is -2.40. The van der Waals surface area contributed by atoms with Crippen LogP contribution in [0.3, 0.4) is 0 Å². The van der Waals surface area contributed by atoms with Crippen molar-refractivity contribution >= 4 is 16.2 Å². The molecule has 4 heterocycles. The molecule has 0 bridgehead atoms. The average Bonchev–Trinajstić information content (AvgIpc) is 3.27. The zero-order valence-corrected chi connectivity index (χ0v) is 19.6. The van der Waals surface area contributed by atoms with Crippen LogP contribution in [-0.2, 0) is 16.4 Å². The average molecular weight is 446 g/mol. The fourth-order valence-corrected chi connectivity index (χ4v) is 5.00. The van der Waals surface area contributed by atoms with Crippen LogP contribution in [0, 0.1) is 6.92 Å². The van der Waals surface area contributed by atoms with Gasteiger partial charge in [-0.3, -0.25) is 10.0 Å². The summed E-state index contributed by atoms with van der Waals surface area (Å²) in [5.74, 6) is 1.96. The number of nitrogens with zero attached hydrogens (tertiary/aromatic N) is 6. The van der Waals surface area contributed by atoms with Crippen molar-refractivity contribution in [3.05, 3.63) is 52.9 Å². The van der Waals surface area contributed by atoms with E-state index in [-0.39, 0.29) is 0 Å². The fourth-order valence-electron chi connectivity index (χ4n) is 4.27. The monoisotopic (exact) mass is 445 g/mol. The highest BCUT2D eigenvalue weighted by Crippen LogP contribution is 2.36. The Balaban J connectivity index is 1.72. The molecule has 0 aromatic carbocycles. The Hall–Kier alpha value is -2.59. The van der Waals surface area contributed by atoms with Crippen LogP contribution >= 0.6 is 0 Å². The topological polar surface area (TPSA) is 86.1 Å². The van der Waals surface area contributed by atoms with Gasteiger partial charge in [0.05, 0.1) is 29.9 Å². The number of nitrogens with one attached hydrogen (secondary N) is 1. The third-order valence-electron chi connectivity index (χ3n) is 5.49. The summed E-state index contributed by atoms with van der Waals surface area (Å²) in [7, 11) is -3.40. The SMILES string of the molecule is CCCc1nc(C)cn1N1C=C2C=NC3=C(N(CCC)C=C(C)C3NS(C)(=O)=O)N2C1. The van der Waals surface area contributed by atoms with Crippen LogP contribution in [0.25, 0.3) is 0 Å². The van der Waals surface area contributed by atoms with Crippen LogP contribution in [0.5, 0.6) is 0 Å². The van der Waals surface area contributed by atoms with E-state index in [0.29, 0.717) is 6.67 Å². The van der Waals surface area contributed by atoms with Gasteiger partial charge >= 0.3 is 0 Å². The van der Waals surface area contributed by atoms with Crippen LogP contribution in [0.2, 0.25) is 0 Å². The minimum absolute atomic E-state index is 0.476. The van der Waals surface area contributed by atoms with E-state index in [0.717, 1.165) is 60.1 Å². The Labute approximate surface area is 184 Å². The van der Waals surface area contributed by atoms with Crippen molar-refractivity contribution in [3.63, 3.8) is 0 Å². The predicted octanol–water partition coefficient (Wildman–Crippen LogP) is 2.00. The Kier molecular flexibility index (Phi) is 5.69. The summed E-state index contributed by atoms with van der Waals surface area (Å²) in [5, 5.41) is 2.14. The van der Waals surface area contributed by atoms with E-state index in [1.165, 1.54) is 6.26 Å². The second-order valence-corrected chi connectivity index (χ2v) is 10.1. The van der Waals surface area contributed by atoms with Gasteiger partial charge in [0.25, 0.3) is 0 Å². The van der Waals surface area contributed by atoms with Gasteiger partial charge in [0, 0.05) is 31.6 Å². The molecule has 1 unspecified atom stereocenters. The predicted molar refractivity (Wildman–Crippen MR) is 122 cm³/mol. The maximum atomic E-state index is 12.0. The number of rotatable bonds is 7. The van der Waals surface area contributed by atoms with Gasteiger partial charge in [0.15, 0.2) is 0 Å². The van der Waals surface area contributed by atoms with Crippen molar-refractivity contribution in [1.82, 2.24) is 24.2 Å². The minimum atomic E-state index is -3.40. The number of aryl methyl sites for hydroxylation is 2. The van der Waals surface area contributed by atoms with Crippen molar-refractivity contribution in [1.29, 1.82) is 0 Å². The van der Waals surface area contributed by atoms with Crippen molar-refractivity contribution in [2.45, 2.75) is 53.0 Å². The van der Waals surface area contributed by atoms with E-state index in [1.54, 1.807) is 0 Å². The summed E-state index contributed by atoms with van der Waals surface area (Å²) in [5.41, 5.74) is 3.61. The molecule has 4 rings (SSSR count). The van der Waals surface area contributed by atoms with E-state index in [1.807, 2.05) is 26.3 Å². The van der Waals surface area contributed by atoms with Crippen LogP contribution in [-0.4, -0.2) is 59.6 Å². The zero-order chi connectivity index (χ0) is 22.3. The normalized spacial score (nSPS) is 20.8. The number of aliphatic imine (C=N–C) groups is 1. The molecule has 1 N–H and O–H groups in total. The lowest BCUT2D eigenvalue weighted by atomic mass is 10.0. The first-order chi connectivity index (χ1) is 14.7. The Morgan fingerprint density at radius 3 is 2.65 bits per heavy atom. The van der Waals surface area contributed by atoms with E-state index in [2.05, 4.69) is 55.4 Å². The number of fused-ring (bicyclic) bond motifs is 2. The molecular weight excluding hydrogens is 414 g/mol. The molecule has 168 valence electrons. The van der Waals surface area contributed by atoms with Gasteiger partial charge in [0.1, 0.15) is 24.0 Å². The number of sulfonamides is 1. The first-order valence-corrected chi connectivity index (χ1v) is 12.6. The molecule has 0 aliphatic carbocycles. The fraction of sp³-hybridized carbons (Fsp3) is 0.524. The molecule has 3 aliphatic heterocycles. The third kappa shape index (κ3) is 4.14. The van der Waals surface area contributed by atoms with Crippen LogP contribution < -0.4 is 9.73 Å². The van der Waals surface area contributed by atoms with Gasteiger partial charge in [0.2, 0.25) is 10.0 Å². The number of imidazole rings is 1. The van der Waals surface area contributed by atoms with Gasteiger partial charge in [-0.25, -0.2) is 22.8 Å². The largest absolute Gasteiger partial charge is 0.333 e. The minimum Gasteiger partial charge on any atom is -0.333 e. The molecule has 31 heavy (non-hydrogen) atoms. The molecule has 1 aromatic heterocycles. The van der Waals surface area contributed by atoms with E-state index in [4.69, 9.17) is 4.99 Å². The molecule has 0 saturated heterocycles. The van der Waals surface area contributed by atoms with E-state index < -0.39 is 16.1 Å². The van der Waals surface area contributed by atoms with Crippen LogP contribution in [0.1, 0.15) is 45.1 Å². The molecular formula is C21H31N7O2S. The van der Waals surface area contributed by atoms with Crippen molar-refractivity contribution in [3.8, 4) is 0 Å². The van der Waals surface area contributed by atoms with Crippen LogP contribution in [0.4, 0.5) is 0 Å². The second-order valence-electron chi connectivity index (χ2n) is 8.31. The molecule has 1 aromatic rings. The lowest BCUT2D eigenvalue weighted by Crippen LogP contribution is -2.47. The molecule has 3 aliphatic rings. The number of hydrogen-bond donors (Lipinski definition) is 1. The molecule has 0 fully saturated rings. The van der Waals surface area contributed by atoms with Gasteiger partial charge in [-0.2, -0.15) is 0 Å². The molecule has 0 saturated carbocycles. The maximum absolute atomic E-state index is 12.0. The second kappa shape index (κ2) is 8.16. The highest BCUT2D eigenvalue weighted by molar-refractivity contribution is 7.88. The van der Waals surface area contributed by atoms with E-state index >= 15 is 0 Å². The highest BCUT2D eigenvalue weighted by Gasteiger charge is 2.38. The zero-order valence-electron chi connectivity index (χ0n) is 18.8. The molecule has 10 heteroatoms. The van der Waals surface area contributed by atoms with Crippen molar-refractivity contribution in [2.75, 3.05) is 24.5 Å². The summed E-state index contributed by atoms with van der Waals surface area (Å²) >= 11 is 0. The molecule has 0 radical (unpaired) electrons. The summed E-state index contributed by atoms with van der Waals surface area (Å²) in [6.45, 7) is 9.66. The van der Waals surface area contributed by atoms with Gasteiger partial charge < -0.3 is 9.80 Å². The summed E-state index contributed by atoms with van der Waals surface area (Å²) in [6, 6.07) is -0.476. The van der Waals surface area contributed by atoms with Gasteiger partial charge in [-0.05, 0) is 32.3 Å². The molecule has 9 nitrogen and oxygen atoms in total. The third-order valence-corrected chi connectivity index (χ3v) is 6.15. The number of allylic oxidation sites excluding steroid dienone is 1. The standard InChI is InChI=1S/C21H31N7O2S/c1-6-8-18-23-16(4)12-28(18)26-13-17-10-22-20-19(24-31(5,29)30)15(3)11-25(9-7-2)21(20)27(17)14-26/h10-13,19,24H,6-9,14H2,1-5H3. The Morgan fingerprint density at radius 1 is 1.19 bits per heavy atom. The Morgan fingerprint density at radius 2 is 1.97 bits per heavy atom. The summed E-state index contributed by atoms with van der Waals surface area (Å²) in [4.78, 5) is 13.8. The smallest absolute Gasteiger partial charge is 0.209 e. The molecule has 1 atom stereocenters.